The molecule has 0 fully saturated rings. The smallest absolute Gasteiger partial charge is 0.0719 e. The van der Waals surface area contributed by atoms with Crippen molar-refractivity contribution >= 4 is 57.9 Å². The molecule has 0 bridgehead atoms. The van der Waals surface area contributed by atoms with Crippen molar-refractivity contribution in [1.82, 2.24) is 0 Å². The molecule has 1 aliphatic heterocycles. The summed E-state index contributed by atoms with van der Waals surface area (Å²) < 4.78 is 0. The van der Waals surface area contributed by atoms with Crippen molar-refractivity contribution in [3.63, 3.8) is 0 Å². The summed E-state index contributed by atoms with van der Waals surface area (Å²) in [4.78, 5) is 2.78. The van der Waals surface area contributed by atoms with E-state index in [1.165, 1.54) is 27.5 Å². The average Bonchev–Trinajstić information content (AvgIpc) is 2.87. The molecule has 0 saturated heterocycles. The second-order valence-corrected chi connectivity index (χ2v) is 8.43. The Kier molecular flexibility index (Phi) is 4.89. The highest BCUT2D eigenvalue weighted by atomic mass is 35.5. The van der Waals surface area contributed by atoms with Crippen LogP contribution in [0, 0.1) is 0 Å². The lowest BCUT2D eigenvalue weighted by atomic mass is 10.1. The fourth-order valence-electron chi connectivity index (χ4n) is 2.30. The van der Waals surface area contributed by atoms with Gasteiger partial charge in [0.1, 0.15) is 0 Å². The van der Waals surface area contributed by atoms with Gasteiger partial charge in [-0.15, -0.1) is 22.9 Å². The van der Waals surface area contributed by atoms with Crippen molar-refractivity contribution in [3.8, 4) is 0 Å². The largest absolute Gasteiger partial charge is 0.157 e. The summed E-state index contributed by atoms with van der Waals surface area (Å²) in [6.45, 7) is 0. The predicted molar refractivity (Wildman–Crippen MR) is 92.9 cm³/mol. The molecular weight excluding hydrogens is 351 g/mol. The molecule has 0 spiro atoms. The SMILES string of the molecule is Clc1ccc(CC(Cl)c2cc3c(s2)CCSC3)cc1Cl. The Morgan fingerprint density at radius 3 is 2.75 bits per heavy atom. The predicted octanol–water partition coefficient (Wildman–Crippen LogP) is 6.37. The van der Waals surface area contributed by atoms with Crippen LogP contribution in [-0.2, 0) is 18.6 Å². The van der Waals surface area contributed by atoms with E-state index >= 15 is 0 Å². The van der Waals surface area contributed by atoms with Crippen molar-refractivity contribution in [2.45, 2.75) is 24.0 Å². The number of fused-ring (bicyclic) bond motifs is 1. The van der Waals surface area contributed by atoms with Gasteiger partial charge in [0.05, 0.1) is 15.4 Å². The van der Waals surface area contributed by atoms with Crippen LogP contribution in [0.2, 0.25) is 10.0 Å². The summed E-state index contributed by atoms with van der Waals surface area (Å²) >= 11 is 22.4. The fraction of sp³-hybridized carbons (Fsp3) is 0.333. The Hall–Kier alpha value is 0.140. The molecule has 0 N–H and O–H groups in total. The van der Waals surface area contributed by atoms with Gasteiger partial charge in [-0.25, -0.2) is 0 Å². The van der Waals surface area contributed by atoms with Gasteiger partial charge in [0, 0.05) is 15.5 Å². The summed E-state index contributed by atoms with van der Waals surface area (Å²) in [6.07, 6.45) is 1.96. The maximum Gasteiger partial charge on any atom is 0.0719 e. The molecule has 0 amide bonds. The minimum absolute atomic E-state index is 0.00726. The summed E-state index contributed by atoms with van der Waals surface area (Å²) in [5, 5.41) is 1.19. The molecule has 2 heterocycles. The number of halogens is 3. The van der Waals surface area contributed by atoms with E-state index in [0.717, 1.165) is 17.7 Å². The second-order valence-electron chi connectivity index (χ2n) is 4.82. The Bertz CT molecular complexity index is 598. The highest BCUT2D eigenvalue weighted by Crippen LogP contribution is 2.38. The van der Waals surface area contributed by atoms with Gasteiger partial charge in [0.2, 0.25) is 0 Å². The van der Waals surface area contributed by atoms with Gasteiger partial charge >= 0.3 is 0 Å². The number of benzene rings is 1. The fourth-order valence-corrected chi connectivity index (χ4v) is 5.35. The zero-order valence-corrected chi connectivity index (χ0v) is 14.6. The first-order valence-corrected chi connectivity index (χ1v) is 9.57. The monoisotopic (exact) mass is 362 g/mol. The first kappa shape index (κ1) is 15.1. The maximum absolute atomic E-state index is 6.58. The van der Waals surface area contributed by atoms with Crippen LogP contribution < -0.4 is 0 Å². The van der Waals surface area contributed by atoms with E-state index in [0.29, 0.717) is 10.0 Å². The third-order valence-electron chi connectivity index (χ3n) is 3.35. The van der Waals surface area contributed by atoms with Crippen molar-refractivity contribution in [2.24, 2.45) is 0 Å². The third-order valence-corrected chi connectivity index (χ3v) is 6.97. The van der Waals surface area contributed by atoms with E-state index in [-0.39, 0.29) is 5.38 Å². The van der Waals surface area contributed by atoms with E-state index in [1.54, 1.807) is 0 Å². The zero-order valence-electron chi connectivity index (χ0n) is 10.7. The third kappa shape index (κ3) is 3.31. The molecule has 0 aliphatic carbocycles. The number of alkyl halides is 1. The minimum atomic E-state index is 0.00726. The van der Waals surface area contributed by atoms with Crippen LogP contribution in [0.15, 0.2) is 24.3 Å². The van der Waals surface area contributed by atoms with Gasteiger partial charge in [0.25, 0.3) is 0 Å². The van der Waals surface area contributed by atoms with Crippen molar-refractivity contribution in [3.05, 3.63) is 55.2 Å². The lowest BCUT2D eigenvalue weighted by molar-refractivity contribution is 0.939. The van der Waals surface area contributed by atoms with E-state index in [9.17, 15) is 0 Å². The molecular formula is C15H13Cl3S2. The van der Waals surface area contributed by atoms with Gasteiger partial charge in [-0.3, -0.25) is 0 Å². The van der Waals surface area contributed by atoms with Gasteiger partial charge in [-0.05, 0) is 47.9 Å². The molecule has 2 aromatic rings. The number of thioether (sulfide) groups is 1. The maximum atomic E-state index is 6.58. The van der Waals surface area contributed by atoms with E-state index in [4.69, 9.17) is 34.8 Å². The molecule has 1 atom stereocenters. The Morgan fingerprint density at radius 1 is 1.15 bits per heavy atom. The molecule has 106 valence electrons. The normalized spacial score (nSPS) is 15.9. The Balaban J connectivity index is 1.76. The van der Waals surface area contributed by atoms with E-state index < -0.39 is 0 Å². The van der Waals surface area contributed by atoms with Crippen LogP contribution in [0.25, 0.3) is 0 Å². The quantitative estimate of drug-likeness (QED) is 0.571. The first-order chi connectivity index (χ1) is 9.63. The number of hydrogen-bond acceptors (Lipinski definition) is 2. The molecule has 5 heteroatoms. The number of hydrogen-bond donors (Lipinski definition) is 0. The summed E-state index contributed by atoms with van der Waals surface area (Å²) in [5.74, 6) is 2.36. The summed E-state index contributed by atoms with van der Waals surface area (Å²) in [7, 11) is 0. The molecule has 20 heavy (non-hydrogen) atoms. The minimum Gasteiger partial charge on any atom is -0.157 e. The lowest BCUT2D eigenvalue weighted by Crippen LogP contribution is -1.96. The summed E-state index contributed by atoms with van der Waals surface area (Å²) in [6, 6.07) is 8.01. The Labute approximate surface area is 142 Å². The summed E-state index contributed by atoms with van der Waals surface area (Å²) in [5.41, 5.74) is 2.60. The molecule has 1 aliphatic rings. The molecule has 0 saturated carbocycles. The molecule has 1 unspecified atom stereocenters. The average molecular weight is 364 g/mol. The standard InChI is InChI=1S/C15H13Cl3S2/c16-11-2-1-9(5-12(11)17)6-13(18)15-7-10-8-19-4-3-14(10)20-15/h1-2,5,7,13H,3-4,6,8H2. The van der Waals surface area contributed by atoms with Gasteiger partial charge in [0.15, 0.2) is 0 Å². The Morgan fingerprint density at radius 2 is 2.00 bits per heavy atom. The van der Waals surface area contributed by atoms with E-state index in [1.807, 2.05) is 41.3 Å². The highest BCUT2D eigenvalue weighted by Gasteiger charge is 2.18. The van der Waals surface area contributed by atoms with Crippen molar-refractivity contribution < 1.29 is 0 Å². The molecule has 1 aromatic carbocycles. The number of thiophene rings is 1. The second kappa shape index (κ2) is 6.50. The van der Waals surface area contributed by atoms with Crippen molar-refractivity contribution in [2.75, 3.05) is 5.75 Å². The van der Waals surface area contributed by atoms with Crippen LogP contribution in [-0.4, -0.2) is 5.75 Å². The van der Waals surface area contributed by atoms with Gasteiger partial charge in [-0.2, -0.15) is 11.8 Å². The molecule has 1 aromatic heterocycles. The number of aryl methyl sites for hydroxylation is 1. The first-order valence-electron chi connectivity index (χ1n) is 6.40. The topological polar surface area (TPSA) is 0 Å². The van der Waals surface area contributed by atoms with Crippen molar-refractivity contribution in [1.29, 1.82) is 0 Å². The molecule has 3 rings (SSSR count). The molecule has 0 radical (unpaired) electrons. The number of rotatable bonds is 3. The van der Waals surface area contributed by atoms with Crippen LogP contribution >= 0.6 is 57.9 Å². The highest BCUT2D eigenvalue weighted by molar-refractivity contribution is 7.98. The van der Waals surface area contributed by atoms with Crippen LogP contribution in [0.3, 0.4) is 0 Å². The van der Waals surface area contributed by atoms with Crippen LogP contribution in [0.4, 0.5) is 0 Å². The van der Waals surface area contributed by atoms with Crippen LogP contribution in [0.1, 0.15) is 26.3 Å². The van der Waals surface area contributed by atoms with E-state index in [2.05, 4.69) is 6.07 Å². The lowest BCUT2D eigenvalue weighted by Gasteiger charge is -2.08. The van der Waals surface area contributed by atoms with Crippen LogP contribution in [0.5, 0.6) is 0 Å². The zero-order chi connectivity index (χ0) is 14.1. The van der Waals surface area contributed by atoms with Gasteiger partial charge < -0.3 is 0 Å². The van der Waals surface area contributed by atoms with Gasteiger partial charge in [-0.1, -0.05) is 29.3 Å². The molecule has 0 nitrogen and oxygen atoms in total.